The van der Waals surface area contributed by atoms with Crippen LogP contribution in [0.5, 0.6) is 0 Å². The summed E-state index contributed by atoms with van der Waals surface area (Å²) in [5.41, 5.74) is 0.117. The molecular weight excluding hydrogens is 387 g/mol. The van der Waals surface area contributed by atoms with Crippen molar-refractivity contribution >= 4 is 29.9 Å². The third-order valence-electron chi connectivity index (χ3n) is 3.14. The molecule has 0 saturated heterocycles. The predicted molar refractivity (Wildman–Crippen MR) is 94.4 cm³/mol. The Bertz CT molecular complexity index is 432. The number of benzene rings is 1. The normalized spacial score (nSPS) is 11.0. The molecule has 0 aliphatic rings. The highest BCUT2D eigenvalue weighted by Crippen LogP contribution is 2.12. The van der Waals surface area contributed by atoms with Crippen molar-refractivity contribution in [1.29, 1.82) is 0 Å². The molecular formula is C15H24F2IN3. The summed E-state index contributed by atoms with van der Waals surface area (Å²) >= 11 is 0. The lowest BCUT2D eigenvalue weighted by atomic mass is 10.1. The standard InChI is InChI=1S/C15H23F2N3.HI/c1-4-5-11-20(3)15(18-2)19-10-9-12-13(16)7-6-8-14(12)17;/h6-8H,4-5,9-11H2,1-3H3,(H,18,19);1H. The Hall–Kier alpha value is -0.920. The van der Waals surface area contributed by atoms with Crippen LogP contribution in [0.1, 0.15) is 25.3 Å². The van der Waals surface area contributed by atoms with Gasteiger partial charge in [0.05, 0.1) is 0 Å². The Balaban J connectivity index is 0.00000400. The third kappa shape index (κ3) is 6.58. The maximum Gasteiger partial charge on any atom is 0.193 e. The Labute approximate surface area is 142 Å². The molecule has 0 aliphatic heterocycles. The van der Waals surface area contributed by atoms with Gasteiger partial charge in [0.25, 0.3) is 0 Å². The Kier molecular flexibility index (Phi) is 10.3. The maximum absolute atomic E-state index is 13.5. The summed E-state index contributed by atoms with van der Waals surface area (Å²) in [5.74, 6) is -0.252. The van der Waals surface area contributed by atoms with Gasteiger partial charge < -0.3 is 10.2 Å². The van der Waals surface area contributed by atoms with Crippen molar-refractivity contribution in [3.63, 3.8) is 0 Å². The zero-order valence-corrected chi connectivity index (χ0v) is 15.2. The first-order valence-corrected chi connectivity index (χ1v) is 6.94. The van der Waals surface area contributed by atoms with Crippen molar-refractivity contribution in [2.75, 3.05) is 27.2 Å². The van der Waals surface area contributed by atoms with Crippen LogP contribution < -0.4 is 5.32 Å². The zero-order chi connectivity index (χ0) is 15.0. The largest absolute Gasteiger partial charge is 0.356 e. The summed E-state index contributed by atoms with van der Waals surface area (Å²) in [5, 5.41) is 3.12. The second kappa shape index (κ2) is 10.8. The van der Waals surface area contributed by atoms with Gasteiger partial charge in [0.1, 0.15) is 11.6 Å². The van der Waals surface area contributed by atoms with Crippen LogP contribution >= 0.6 is 24.0 Å². The average Bonchev–Trinajstić information content (AvgIpc) is 2.43. The molecule has 0 amide bonds. The lowest BCUT2D eigenvalue weighted by Gasteiger charge is -2.21. The van der Waals surface area contributed by atoms with E-state index >= 15 is 0 Å². The second-order valence-electron chi connectivity index (χ2n) is 4.70. The number of rotatable bonds is 6. The van der Waals surface area contributed by atoms with E-state index in [2.05, 4.69) is 17.2 Å². The fourth-order valence-corrected chi connectivity index (χ4v) is 1.96. The van der Waals surface area contributed by atoms with Gasteiger partial charge in [-0.2, -0.15) is 0 Å². The molecule has 0 aliphatic carbocycles. The lowest BCUT2D eigenvalue weighted by Crippen LogP contribution is -2.40. The van der Waals surface area contributed by atoms with Gasteiger partial charge in [-0.15, -0.1) is 24.0 Å². The van der Waals surface area contributed by atoms with Crippen LogP contribution in [0.2, 0.25) is 0 Å². The van der Waals surface area contributed by atoms with Crippen LogP contribution in [0.15, 0.2) is 23.2 Å². The van der Waals surface area contributed by atoms with E-state index in [-0.39, 0.29) is 29.5 Å². The van der Waals surface area contributed by atoms with Crippen LogP contribution in [0.3, 0.4) is 0 Å². The van der Waals surface area contributed by atoms with Gasteiger partial charge in [0.15, 0.2) is 5.96 Å². The van der Waals surface area contributed by atoms with Crippen molar-refractivity contribution in [2.45, 2.75) is 26.2 Å². The number of unbranched alkanes of at least 4 members (excludes halogenated alkanes) is 1. The molecule has 0 aromatic heterocycles. The van der Waals surface area contributed by atoms with E-state index in [1.54, 1.807) is 7.05 Å². The molecule has 21 heavy (non-hydrogen) atoms. The molecule has 0 saturated carbocycles. The van der Waals surface area contributed by atoms with E-state index in [1.165, 1.54) is 18.2 Å². The first-order chi connectivity index (χ1) is 9.60. The van der Waals surface area contributed by atoms with Crippen molar-refractivity contribution in [3.05, 3.63) is 35.4 Å². The number of nitrogens with zero attached hydrogens (tertiary/aromatic N) is 2. The second-order valence-corrected chi connectivity index (χ2v) is 4.70. The highest BCUT2D eigenvalue weighted by Gasteiger charge is 2.09. The van der Waals surface area contributed by atoms with E-state index in [1.807, 2.05) is 11.9 Å². The third-order valence-corrected chi connectivity index (χ3v) is 3.14. The molecule has 0 radical (unpaired) electrons. The Morgan fingerprint density at radius 3 is 2.43 bits per heavy atom. The van der Waals surface area contributed by atoms with E-state index in [0.29, 0.717) is 13.0 Å². The van der Waals surface area contributed by atoms with Gasteiger partial charge in [-0.05, 0) is 25.0 Å². The first kappa shape index (κ1) is 20.1. The quantitative estimate of drug-likeness (QED) is 0.441. The lowest BCUT2D eigenvalue weighted by molar-refractivity contribution is 0.464. The first-order valence-electron chi connectivity index (χ1n) is 6.94. The highest BCUT2D eigenvalue weighted by atomic mass is 127. The van der Waals surface area contributed by atoms with E-state index in [9.17, 15) is 8.78 Å². The minimum absolute atomic E-state index is 0. The summed E-state index contributed by atoms with van der Waals surface area (Å²) in [6.07, 6.45) is 2.49. The molecule has 6 heteroatoms. The average molecular weight is 411 g/mol. The monoisotopic (exact) mass is 411 g/mol. The number of hydrogen-bond donors (Lipinski definition) is 1. The molecule has 1 N–H and O–H groups in total. The Morgan fingerprint density at radius 2 is 1.90 bits per heavy atom. The van der Waals surface area contributed by atoms with E-state index in [0.717, 1.165) is 25.3 Å². The van der Waals surface area contributed by atoms with Gasteiger partial charge in [-0.25, -0.2) is 8.78 Å². The number of nitrogens with one attached hydrogen (secondary N) is 1. The van der Waals surface area contributed by atoms with Crippen molar-refractivity contribution in [1.82, 2.24) is 10.2 Å². The number of guanidine groups is 1. The summed E-state index contributed by atoms with van der Waals surface area (Å²) in [6.45, 7) is 3.48. The highest BCUT2D eigenvalue weighted by molar-refractivity contribution is 14.0. The van der Waals surface area contributed by atoms with Crippen molar-refractivity contribution < 1.29 is 8.78 Å². The molecule has 0 fully saturated rings. The summed E-state index contributed by atoms with van der Waals surface area (Å²) < 4.78 is 26.9. The van der Waals surface area contributed by atoms with Crippen LogP contribution in [0.4, 0.5) is 8.78 Å². The topological polar surface area (TPSA) is 27.6 Å². The molecule has 1 aromatic rings. The number of hydrogen-bond acceptors (Lipinski definition) is 1. The number of halogens is 3. The van der Waals surface area contributed by atoms with E-state index < -0.39 is 11.6 Å². The maximum atomic E-state index is 13.5. The minimum atomic E-state index is -0.499. The van der Waals surface area contributed by atoms with Crippen LogP contribution in [-0.2, 0) is 6.42 Å². The summed E-state index contributed by atoms with van der Waals surface area (Å²) in [4.78, 5) is 6.18. The molecule has 0 heterocycles. The molecule has 0 bridgehead atoms. The summed E-state index contributed by atoms with van der Waals surface area (Å²) in [7, 11) is 3.66. The SMILES string of the molecule is CCCCN(C)C(=NC)NCCc1c(F)cccc1F.I. The minimum Gasteiger partial charge on any atom is -0.356 e. The van der Waals surface area contributed by atoms with Gasteiger partial charge in [-0.1, -0.05) is 19.4 Å². The van der Waals surface area contributed by atoms with Crippen molar-refractivity contribution in [2.24, 2.45) is 4.99 Å². The molecule has 0 unspecified atom stereocenters. The van der Waals surface area contributed by atoms with Crippen molar-refractivity contribution in [3.8, 4) is 0 Å². The molecule has 3 nitrogen and oxygen atoms in total. The molecule has 1 aromatic carbocycles. The van der Waals surface area contributed by atoms with Crippen LogP contribution in [0.25, 0.3) is 0 Å². The van der Waals surface area contributed by atoms with Crippen LogP contribution in [0, 0.1) is 11.6 Å². The zero-order valence-electron chi connectivity index (χ0n) is 12.8. The van der Waals surface area contributed by atoms with Gasteiger partial charge in [0, 0.05) is 32.7 Å². The molecule has 1 rings (SSSR count). The smallest absolute Gasteiger partial charge is 0.193 e. The van der Waals surface area contributed by atoms with E-state index in [4.69, 9.17) is 0 Å². The van der Waals surface area contributed by atoms with Gasteiger partial charge in [0.2, 0.25) is 0 Å². The molecule has 120 valence electrons. The Morgan fingerprint density at radius 1 is 1.29 bits per heavy atom. The van der Waals surface area contributed by atoms with Crippen LogP contribution in [-0.4, -0.2) is 38.0 Å². The summed E-state index contributed by atoms with van der Waals surface area (Å²) in [6, 6.07) is 3.93. The predicted octanol–water partition coefficient (Wildman–Crippen LogP) is 3.43. The molecule has 0 atom stereocenters. The van der Waals surface area contributed by atoms with Gasteiger partial charge >= 0.3 is 0 Å². The molecule has 0 spiro atoms. The fraction of sp³-hybridized carbons (Fsp3) is 0.533. The van der Waals surface area contributed by atoms with Gasteiger partial charge in [-0.3, -0.25) is 4.99 Å². The fourth-order valence-electron chi connectivity index (χ4n) is 1.96. The number of aliphatic imine (C=N–C) groups is 1.